The normalized spacial score (nSPS) is 12.3. The Balaban J connectivity index is 1.84. The van der Waals surface area contributed by atoms with Crippen molar-refractivity contribution in [3.05, 3.63) is 84.1 Å². The number of aromatic nitrogens is 1. The van der Waals surface area contributed by atoms with Crippen molar-refractivity contribution in [2.45, 2.75) is 24.4 Å². The Labute approximate surface area is 195 Å². The molecule has 0 atom stereocenters. The Morgan fingerprint density at radius 1 is 0.912 bits per heavy atom. The molecule has 1 heterocycles. The maximum atomic E-state index is 13.5. The number of hydrogen-bond acceptors (Lipinski definition) is 4. The number of aliphatic hydroxyl groups is 1. The molecule has 0 radical (unpaired) electrons. The molecule has 8 heteroatoms. The second-order valence-corrected chi connectivity index (χ2v) is 10.1. The molecule has 3 aromatic carbocycles. The maximum absolute atomic E-state index is 13.5. The highest BCUT2D eigenvalue weighted by atomic mass is 32.2. The fraction of sp³-hybridized carbons (Fsp3) is 0.192. The molecule has 1 aromatic heterocycles. The molecule has 4 aromatic rings. The molecule has 0 aliphatic carbocycles. The summed E-state index contributed by atoms with van der Waals surface area (Å²) in [6.45, 7) is 1.58. The van der Waals surface area contributed by atoms with Crippen molar-refractivity contribution >= 4 is 20.7 Å². The number of rotatable bonds is 6. The van der Waals surface area contributed by atoms with Gasteiger partial charge in [-0.05, 0) is 65.4 Å². The molecule has 0 unspecified atom stereocenters. The van der Waals surface area contributed by atoms with E-state index in [1.165, 1.54) is 18.3 Å². The number of sulfone groups is 1. The fourth-order valence-corrected chi connectivity index (χ4v) is 5.37. The fourth-order valence-electron chi connectivity index (χ4n) is 4.03. The number of halogens is 3. The van der Waals surface area contributed by atoms with Crippen molar-refractivity contribution in [1.29, 1.82) is 0 Å². The van der Waals surface area contributed by atoms with Gasteiger partial charge in [-0.3, -0.25) is 4.98 Å². The number of pyridine rings is 1. The molecular formula is C26H22F3NO3S. The molecule has 0 saturated heterocycles. The molecule has 0 spiro atoms. The third-order valence-electron chi connectivity index (χ3n) is 5.64. The van der Waals surface area contributed by atoms with Crippen molar-refractivity contribution in [3.8, 4) is 22.3 Å². The van der Waals surface area contributed by atoms with Gasteiger partial charge in [-0.25, -0.2) is 8.42 Å². The first-order valence-corrected chi connectivity index (χ1v) is 12.3. The van der Waals surface area contributed by atoms with Gasteiger partial charge in [0.25, 0.3) is 0 Å². The molecule has 34 heavy (non-hydrogen) atoms. The van der Waals surface area contributed by atoms with Crippen molar-refractivity contribution < 1.29 is 26.7 Å². The first-order valence-electron chi connectivity index (χ1n) is 10.6. The van der Waals surface area contributed by atoms with Gasteiger partial charge in [-0.2, -0.15) is 13.2 Å². The number of aryl methyl sites for hydroxylation is 1. The molecule has 4 rings (SSSR count). The zero-order chi connectivity index (χ0) is 24.5. The molecule has 1 N–H and O–H groups in total. The van der Waals surface area contributed by atoms with Crippen molar-refractivity contribution in [2.75, 3.05) is 12.4 Å². The minimum absolute atomic E-state index is 0.113. The minimum Gasteiger partial charge on any atom is -0.396 e. The summed E-state index contributed by atoms with van der Waals surface area (Å²) in [6.07, 6.45) is -2.94. The van der Waals surface area contributed by atoms with Crippen LogP contribution in [-0.4, -0.2) is 30.9 Å². The summed E-state index contributed by atoms with van der Waals surface area (Å²) >= 11 is 0. The van der Waals surface area contributed by atoms with E-state index in [0.29, 0.717) is 22.1 Å². The van der Waals surface area contributed by atoms with Gasteiger partial charge < -0.3 is 5.11 Å². The smallest absolute Gasteiger partial charge is 0.396 e. The Bertz CT molecular complexity index is 1460. The van der Waals surface area contributed by atoms with Crippen LogP contribution in [0.25, 0.3) is 33.2 Å². The summed E-state index contributed by atoms with van der Waals surface area (Å²) < 4.78 is 65.8. The van der Waals surface area contributed by atoms with E-state index in [1.54, 1.807) is 37.3 Å². The topological polar surface area (TPSA) is 67.3 Å². The summed E-state index contributed by atoms with van der Waals surface area (Å²) in [5.74, 6) is -0.156. The second-order valence-electron chi connectivity index (χ2n) is 8.02. The van der Waals surface area contributed by atoms with Crippen LogP contribution in [0.15, 0.2) is 77.8 Å². The number of para-hydroxylation sites is 1. The van der Waals surface area contributed by atoms with Crippen molar-refractivity contribution in [1.82, 2.24) is 4.98 Å². The highest BCUT2D eigenvalue weighted by Gasteiger charge is 2.33. The van der Waals surface area contributed by atoms with Crippen LogP contribution in [0.2, 0.25) is 0 Å². The SMILES string of the molecule is Cc1cnc2c(C(F)(F)F)cccc2c1-c1cccc(-c2cccc(S(=O)(=O)CCCO)c2)c1. The maximum Gasteiger partial charge on any atom is 0.418 e. The molecule has 176 valence electrons. The van der Waals surface area contributed by atoms with E-state index >= 15 is 0 Å². The molecule has 0 bridgehead atoms. The first kappa shape index (κ1) is 23.9. The monoisotopic (exact) mass is 485 g/mol. The van der Waals surface area contributed by atoms with Crippen LogP contribution in [0.1, 0.15) is 17.5 Å². The standard InChI is InChI=1S/C26H22F3NO3S/c1-17-16-30-25-22(10-4-11-23(25)26(27,28)29)24(17)20-8-2-6-18(14-20)19-7-3-9-21(15-19)34(32,33)13-5-12-31/h2-4,6-11,14-16,31H,5,12-13H2,1H3. The Kier molecular flexibility index (Phi) is 6.47. The Morgan fingerprint density at radius 2 is 1.56 bits per heavy atom. The van der Waals surface area contributed by atoms with E-state index in [0.717, 1.165) is 17.2 Å². The molecule has 0 aliphatic heterocycles. The first-order chi connectivity index (χ1) is 16.1. The van der Waals surface area contributed by atoms with E-state index in [-0.39, 0.29) is 29.2 Å². The summed E-state index contributed by atoms with van der Waals surface area (Å²) in [4.78, 5) is 4.23. The summed E-state index contributed by atoms with van der Waals surface area (Å²) in [7, 11) is -3.54. The Morgan fingerprint density at radius 3 is 2.26 bits per heavy atom. The predicted octanol–water partition coefficient (Wildman–Crippen LogP) is 6.05. The number of aliphatic hydroxyl groups excluding tert-OH is 1. The Hall–Kier alpha value is -3.23. The zero-order valence-electron chi connectivity index (χ0n) is 18.3. The zero-order valence-corrected chi connectivity index (χ0v) is 19.1. The van der Waals surface area contributed by atoms with Gasteiger partial charge in [0.15, 0.2) is 9.84 Å². The van der Waals surface area contributed by atoms with E-state index < -0.39 is 21.6 Å². The summed E-state index contributed by atoms with van der Waals surface area (Å²) in [6, 6.07) is 17.8. The quantitative estimate of drug-likeness (QED) is 0.361. The average Bonchev–Trinajstić information content (AvgIpc) is 2.82. The largest absolute Gasteiger partial charge is 0.418 e. The molecule has 0 saturated carbocycles. The van der Waals surface area contributed by atoms with E-state index in [9.17, 15) is 21.6 Å². The van der Waals surface area contributed by atoms with Crippen LogP contribution in [-0.2, 0) is 16.0 Å². The minimum atomic E-state index is -4.52. The molecule has 0 fully saturated rings. The van der Waals surface area contributed by atoms with Gasteiger partial charge in [0, 0.05) is 18.2 Å². The lowest BCUT2D eigenvalue weighted by Gasteiger charge is -2.15. The van der Waals surface area contributed by atoms with Crippen LogP contribution in [0, 0.1) is 6.92 Å². The molecule has 0 amide bonds. The van der Waals surface area contributed by atoms with Crippen LogP contribution in [0.3, 0.4) is 0 Å². The number of alkyl halides is 3. The van der Waals surface area contributed by atoms with Gasteiger partial charge in [0.1, 0.15) is 0 Å². The highest BCUT2D eigenvalue weighted by molar-refractivity contribution is 7.91. The van der Waals surface area contributed by atoms with Crippen LogP contribution in [0.5, 0.6) is 0 Å². The van der Waals surface area contributed by atoms with E-state index in [4.69, 9.17) is 5.11 Å². The van der Waals surface area contributed by atoms with Gasteiger partial charge in [0.05, 0.1) is 21.7 Å². The van der Waals surface area contributed by atoms with E-state index in [1.807, 2.05) is 18.2 Å². The second kappa shape index (κ2) is 9.19. The highest BCUT2D eigenvalue weighted by Crippen LogP contribution is 2.39. The van der Waals surface area contributed by atoms with Gasteiger partial charge in [0.2, 0.25) is 0 Å². The lowest BCUT2D eigenvalue weighted by Crippen LogP contribution is -2.08. The van der Waals surface area contributed by atoms with Gasteiger partial charge >= 0.3 is 6.18 Å². The number of hydrogen-bond donors (Lipinski definition) is 1. The molecule has 4 nitrogen and oxygen atoms in total. The van der Waals surface area contributed by atoms with Crippen LogP contribution < -0.4 is 0 Å². The summed E-state index contributed by atoms with van der Waals surface area (Å²) in [5.41, 5.74) is 2.57. The van der Waals surface area contributed by atoms with Gasteiger partial charge in [-0.15, -0.1) is 0 Å². The summed E-state index contributed by atoms with van der Waals surface area (Å²) in [5, 5.41) is 9.37. The van der Waals surface area contributed by atoms with Crippen molar-refractivity contribution in [2.24, 2.45) is 0 Å². The third-order valence-corrected chi connectivity index (χ3v) is 7.44. The lowest BCUT2D eigenvalue weighted by atomic mass is 9.93. The third kappa shape index (κ3) is 4.69. The van der Waals surface area contributed by atoms with E-state index in [2.05, 4.69) is 4.98 Å². The lowest BCUT2D eigenvalue weighted by molar-refractivity contribution is -0.136. The predicted molar refractivity (Wildman–Crippen MR) is 126 cm³/mol. The average molecular weight is 486 g/mol. The van der Waals surface area contributed by atoms with Crippen molar-refractivity contribution in [3.63, 3.8) is 0 Å². The number of benzene rings is 3. The van der Waals surface area contributed by atoms with Crippen LogP contribution in [0.4, 0.5) is 13.2 Å². The molecule has 0 aliphatic rings. The van der Waals surface area contributed by atoms with Gasteiger partial charge in [-0.1, -0.05) is 42.5 Å². The molecular weight excluding hydrogens is 463 g/mol. The van der Waals surface area contributed by atoms with Crippen LogP contribution >= 0.6 is 0 Å². The number of fused-ring (bicyclic) bond motifs is 1. The number of nitrogens with zero attached hydrogens (tertiary/aromatic N) is 1.